The first-order chi connectivity index (χ1) is 9.42. The van der Waals surface area contributed by atoms with Crippen molar-refractivity contribution in [3.8, 4) is 22.6 Å². The van der Waals surface area contributed by atoms with Crippen LogP contribution in [0.2, 0.25) is 0 Å². The fourth-order valence-electron chi connectivity index (χ4n) is 2.93. The summed E-state index contributed by atoms with van der Waals surface area (Å²) in [6.45, 7) is 8.28. The molecule has 0 amide bonds. The number of aryl methyl sites for hydroxylation is 2. The van der Waals surface area contributed by atoms with Gasteiger partial charge >= 0.3 is 0 Å². The Kier molecular flexibility index (Phi) is 2.79. The summed E-state index contributed by atoms with van der Waals surface area (Å²) in [5, 5.41) is 10.4. The van der Waals surface area contributed by atoms with Crippen LogP contribution in [0.3, 0.4) is 0 Å². The summed E-state index contributed by atoms with van der Waals surface area (Å²) >= 11 is 0. The summed E-state index contributed by atoms with van der Waals surface area (Å²) in [6.07, 6.45) is 0.880. The fourth-order valence-corrected chi connectivity index (χ4v) is 2.93. The molecule has 1 heterocycles. The molecule has 0 aliphatic carbocycles. The molecule has 0 atom stereocenters. The van der Waals surface area contributed by atoms with Crippen molar-refractivity contribution in [1.82, 2.24) is 0 Å². The fraction of sp³-hybridized carbons (Fsp3) is 0.333. The van der Waals surface area contributed by atoms with E-state index in [0.717, 1.165) is 34.4 Å². The van der Waals surface area contributed by atoms with E-state index in [1.54, 1.807) is 0 Å². The number of benzene rings is 2. The van der Waals surface area contributed by atoms with Gasteiger partial charge in [0.1, 0.15) is 17.1 Å². The summed E-state index contributed by atoms with van der Waals surface area (Å²) in [5.41, 5.74) is 4.92. The van der Waals surface area contributed by atoms with Crippen molar-refractivity contribution in [3.05, 3.63) is 47.0 Å². The highest BCUT2D eigenvalue weighted by atomic mass is 16.5. The number of ether oxygens (including phenoxy) is 1. The van der Waals surface area contributed by atoms with Crippen molar-refractivity contribution in [2.24, 2.45) is 0 Å². The molecule has 0 saturated heterocycles. The molecule has 0 spiro atoms. The lowest BCUT2D eigenvalue weighted by Crippen LogP contribution is -2.29. The van der Waals surface area contributed by atoms with Crippen LogP contribution in [0.15, 0.2) is 30.3 Å². The lowest BCUT2D eigenvalue weighted by atomic mass is 9.84. The predicted molar refractivity (Wildman–Crippen MR) is 81.3 cm³/mol. The maximum absolute atomic E-state index is 10.4. The number of aromatic hydroxyl groups is 1. The zero-order valence-corrected chi connectivity index (χ0v) is 12.4. The summed E-state index contributed by atoms with van der Waals surface area (Å²) in [4.78, 5) is 0. The third-order valence-electron chi connectivity index (χ3n) is 4.01. The first-order valence-corrected chi connectivity index (χ1v) is 7.09. The molecule has 0 bridgehead atoms. The topological polar surface area (TPSA) is 29.5 Å². The van der Waals surface area contributed by atoms with E-state index in [4.69, 9.17) is 4.74 Å². The Labute approximate surface area is 120 Å². The third kappa shape index (κ3) is 1.87. The minimum Gasteiger partial charge on any atom is -0.507 e. The monoisotopic (exact) mass is 268 g/mol. The quantitative estimate of drug-likeness (QED) is 0.821. The van der Waals surface area contributed by atoms with Crippen LogP contribution < -0.4 is 4.74 Å². The van der Waals surface area contributed by atoms with E-state index in [2.05, 4.69) is 45.9 Å². The summed E-state index contributed by atoms with van der Waals surface area (Å²) in [5.74, 6) is 1.09. The molecule has 2 aromatic rings. The van der Waals surface area contributed by atoms with E-state index in [1.165, 1.54) is 5.56 Å². The predicted octanol–water partition coefficient (Wildman–Crippen LogP) is 4.56. The number of rotatable bonds is 1. The Balaban J connectivity index is 2.33. The molecular formula is C18H20O2. The Morgan fingerprint density at radius 1 is 1.15 bits per heavy atom. The largest absolute Gasteiger partial charge is 0.507 e. The molecule has 2 nitrogen and oxygen atoms in total. The molecule has 0 unspecified atom stereocenters. The van der Waals surface area contributed by atoms with Crippen LogP contribution in [-0.2, 0) is 12.0 Å². The molecule has 1 aliphatic heterocycles. The van der Waals surface area contributed by atoms with Crippen LogP contribution in [0, 0.1) is 6.92 Å². The second-order valence-electron chi connectivity index (χ2n) is 6.00. The van der Waals surface area contributed by atoms with Crippen LogP contribution in [0.25, 0.3) is 11.1 Å². The zero-order chi connectivity index (χ0) is 14.5. The molecule has 20 heavy (non-hydrogen) atoms. The number of fused-ring (bicyclic) bond motifs is 3. The van der Waals surface area contributed by atoms with Crippen molar-refractivity contribution in [3.63, 3.8) is 0 Å². The van der Waals surface area contributed by atoms with Gasteiger partial charge in [-0.1, -0.05) is 30.7 Å². The smallest absolute Gasteiger partial charge is 0.132 e. The summed E-state index contributed by atoms with van der Waals surface area (Å²) in [7, 11) is 0. The maximum Gasteiger partial charge on any atom is 0.132 e. The minimum absolute atomic E-state index is 0.307. The molecule has 1 aliphatic rings. The average molecular weight is 268 g/mol. The normalized spacial score (nSPS) is 15.2. The zero-order valence-electron chi connectivity index (χ0n) is 12.4. The number of phenolic OH excluding ortho intramolecular Hbond substituents is 1. The second kappa shape index (κ2) is 4.27. The third-order valence-corrected chi connectivity index (χ3v) is 4.01. The minimum atomic E-state index is -0.380. The van der Waals surface area contributed by atoms with Gasteiger partial charge in [0.15, 0.2) is 0 Å². The van der Waals surface area contributed by atoms with Crippen molar-refractivity contribution in [2.45, 2.75) is 39.7 Å². The highest BCUT2D eigenvalue weighted by molar-refractivity contribution is 5.82. The van der Waals surface area contributed by atoms with Gasteiger partial charge in [-0.15, -0.1) is 0 Å². The standard InChI is InChI=1S/C18H20O2/c1-5-12-9-15(19)17-13-8-11(2)6-7-14(13)18(3,4)20-16(17)10-12/h6-10,19H,5H2,1-4H3. The molecule has 2 aromatic carbocycles. The van der Waals surface area contributed by atoms with Crippen molar-refractivity contribution >= 4 is 0 Å². The second-order valence-corrected chi connectivity index (χ2v) is 6.00. The molecule has 104 valence electrons. The van der Waals surface area contributed by atoms with Crippen LogP contribution in [0.4, 0.5) is 0 Å². The molecule has 0 aromatic heterocycles. The van der Waals surface area contributed by atoms with Gasteiger partial charge in [-0.05, 0) is 50.5 Å². The molecule has 0 radical (unpaired) electrons. The van der Waals surface area contributed by atoms with E-state index < -0.39 is 0 Å². The first kappa shape index (κ1) is 13.0. The Morgan fingerprint density at radius 2 is 1.90 bits per heavy atom. The van der Waals surface area contributed by atoms with E-state index in [1.807, 2.05) is 12.1 Å². The van der Waals surface area contributed by atoms with Crippen LogP contribution in [0.1, 0.15) is 37.5 Å². The maximum atomic E-state index is 10.4. The van der Waals surface area contributed by atoms with Crippen molar-refractivity contribution < 1.29 is 9.84 Å². The van der Waals surface area contributed by atoms with Gasteiger partial charge in [0.2, 0.25) is 0 Å². The van der Waals surface area contributed by atoms with Crippen LogP contribution >= 0.6 is 0 Å². The van der Waals surface area contributed by atoms with Crippen LogP contribution in [0.5, 0.6) is 11.5 Å². The highest BCUT2D eigenvalue weighted by Crippen LogP contribution is 2.49. The van der Waals surface area contributed by atoms with Gasteiger partial charge in [0, 0.05) is 5.56 Å². The Bertz CT molecular complexity index is 684. The van der Waals surface area contributed by atoms with Gasteiger partial charge in [-0.2, -0.15) is 0 Å². The summed E-state index contributed by atoms with van der Waals surface area (Å²) in [6, 6.07) is 10.2. The van der Waals surface area contributed by atoms with Gasteiger partial charge in [-0.3, -0.25) is 0 Å². The van der Waals surface area contributed by atoms with Crippen molar-refractivity contribution in [1.29, 1.82) is 0 Å². The molecule has 0 fully saturated rings. The molecule has 3 rings (SSSR count). The van der Waals surface area contributed by atoms with Gasteiger partial charge in [0.25, 0.3) is 0 Å². The van der Waals surface area contributed by atoms with Crippen molar-refractivity contribution in [2.75, 3.05) is 0 Å². The van der Waals surface area contributed by atoms with E-state index in [-0.39, 0.29) is 5.60 Å². The lowest BCUT2D eigenvalue weighted by Gasteiger charge is -2.35. The van der Waals surface area contributed by atoms with Crippen LogP contribution in [-0.4, -0.2) is 5.11 Å². The van der Waals surface area contributed by atoms with Gasteiger partial charge < -0.3 is 9.84 Å². The van der Waals surface area contributed by atoms with E-state index >= 15 is 0 Å². The average Bonchev–Trinajstić information content (AvgIpc) is 2.36. The lowest BCUT2D eigenvalue weighted by molar-refractivity contribution is 0.105. The van der Waals surface area contributed by atoms with Gasteiger partial charge in [0.05, 0.1) is 5.56 Å². The SMILES string of the molecule is CCc1cc(O)c2c(c1)OC(C)(C)c1ccc(C)cc1-2. The van der Waals surface area contributed by atoms with E-state index in [9.17, 15) is 5.11 Å². The molecular weight excluding hydrogens is 248 g/mol. The highest BCUT2D eigenvalue weighted by Gasteiger charge is 2.34. The first-order valence-electron chi connectivity index (χ1n) is 7.09. The van der Waals surface area contributed by atoms with E-state index in [0.29, 0.717) is 5.75 Å². The number of hydrogen-bond donors (Lipinski definition) is 1. The van der Waals surface area contributed by atoms with Gasteiger partial charge in [-0.25, -0.2) is 0 Å². The number of phenols is 1. The summed E-state index contributed by atoms with van der Waals surface area (Å²) < 4.78 is 6.15. The Hall–Kier alpha value is -1.96. The molecule has 0 saturated carbocycles. The molecule has 2 heteroatoms. The number of hydrogen-bond acceptors (Lipinski definition) is 2. The molecule has 1 N–H and O–H groups in total. The Morgan fingerprint density at radius 3 is 2.60 bits per heavy atom.